The Hall–Kier alpha value is -2.64. The molecule has 0 aliphatic heterocycles. The van der Waals surface area contributed by atoms with Gasteiger partial charge in [0.25, 0.3) is 5.69 Å². The molecule has 0 aromatic heterocycles. The highest BCUT2D eigenvalue weighted by molar-refractivity contribution is 5.92. The number of aryl methyl sites for hydroxylation is 1. The molecule has 0 radical (unpaired) electrons. The number of nitrogens with one attached hydrogen (secondary N) is 2. The van der Waals surface area contributed by atoms with E-state index in [-0.39, 0.29) is 23.7 Å². The Morgan fingerprint density at radius 1 is 1.30 bits per heavy atom. The summed E-state index contributed by atoms with van der Waals surface area (Å²) in [4.78, 5) is 35.4. The average Bonchev–Trinajstić information content (AvgIpc) is 2.38. The largest absolute Gasteiger partial charge is 0.350 e. The van der Waals surface area contributed by atoms with E-state index >= 15 is 0 Å². The molecule has 0 heterocycles. The van der Waals surface area contributed by atoms with Crippen LogP contribution in [0.25, 0.3) is 0 Å². The summed E-state index contributed by atoms with van der Waals surface area (Å²) in [5.74, 6) is -0.287. The number of rotatable bonds is 4. The number of hydrogen-bond donors (Lipinski definition) is 2. The van der Waals surface area contributed by atoms with Crippen LogP contribution in [0, 0.1) is 17.0 Å². The van der Waals surface area contributed by atoms with Crippen LogP contribution in [0.5, 0.6) is 0 Å². The molecule has 2 N–H and O–H groups in total. The van der Waals surface area contributed by atoms with Gasteiger partial charge in [-0.25, -0.2) is 4.79 Å². The number of carbonyl (C=O) groups excluding carboxylic acids is 2. The van der Waals surface area contributed by atoms with Gasteiger partial charge in [-0.05, 0) is 33.8 Å². The smallest absolute Gasteiger partial charge is 0.322 e. The number of carbonyl (C=O) groups is 2. The van der Waals surface area contributed by atoms with Crippen LogP contribution in [0.4, 0.5) is 16.2 Å². The van der Waals surface area contributed by atoms with Crippen molar-refractivity contribution in [2.45, 2.75) is 33.2 Å². The Balaban J connectivity index is 2.70. The zero-order chi connectivity index (χ0) is 17.8. The summed E-state index contributed by atoms with van der Waals surface area (Å²) < 4.78 is 0. The Morgan fingerprint density at radius 2 is 1.91 bits per heavy atom. The lowest BCUT2D eigenvalue weighted by atomic mass is 10.1. The quantitative estimate of drug-likeness (QED) is 0.655. The van der Waals surface area contributed by atoms with E-state index < -0.39 is 11.0 Å². The second-order valence-electron chi connectivity index (χ2n) is 6.34. The first-order valence-electron chi connectivity index (χ1n) is 7.08. The van der Waals surface area contributed by atoms with Crippen LogP contribution < -0.4 is 10.6 Å². The zero-order valence-corrected chi connectivity index (χ0v) is 14.0. The van der Waals surface area contributed by atoms with Crippen LogP contribution in [0.2, 0.25) is 0 Å². The van der Waals surface area contributed by atoms with Crippen molar-refractivity contribution in [1.29, 1.82) is 0 Å². The fraction of sp³-hybridized carbons (Fsp3) is 0.467. The molecule has 0 fully saturated rings. The molecule has 23 heavy (non-hydrogen) atoms. The van der Waals surface area contributed by atoms with Gasteiger partial charge in [-0.15, -0.1) is 0 Å². The molecule has 0 aliphatic carbocycles. The van der Waals surface area contributed by atoms with Gasteiger partial charge in [-0.2, -0.15) is 0 Å². The molecule has 1 aromatic rings. The molecule has 0 unspecified atom stereocenters. The molecule has 8 nitrogen and oxygen atoms in total. The van der Waals surface area contributed by atoms with E-state index in [2.05, 4.69) is 10.6 Å². The van der Waals surface area contributed by atoms with Crippen LogP contribution in [0.1, 0.15) is 26.3 Å². The number of anilines is 1. The minimum absolute atomic E-state index is 0.0732. The van der Waals surface area contributed by atoms with Crippen molar-refractivity contribution in [3.8, 4) is 0 Å². The molecule has 0 bridgehead atoms. The van der Waals surface area contributed by atoms with Crippen LogP contribution >= 0.6 is 0 Å². The number of benzene rings is 1. The van der Waals surface area contributed by atoms with E-state index in [1.54, 1.807) is 19.1 Å². The molecule has 0 atom stereocenters. The van der Waals surface area contributed by atoms with Crippen molar-refractivity contribution >= 4 is 23.3 Å². The van der Waals surface area contributed by atoms with Gasteiger partial charge in [0, 0.05) is 29.9 Å². The number of nitro groups is 1. The second kappa shape index (κ2) is 7.08. The maximum absolute atomic E-state index is 12.0. The van der Waals surface area contributed by atoms with Crippen molar-refractivity contribution in [3.63, 3.8) is 0 Å². The lowest BCUT2D eigenvalue weighted by Gasteiger charge is -2.23. The predicted molar refractivity (Wildman–Crippen MR) is 87.4 cm³/mol. The summed E-state index contributed by atoms with van der Waals surface area (Å²) in [7, 11) is 1.47. The van der Waals surface area contributed by atoms with Crippen molar-refractivity contribution in [3.05, 3.63) is 33.9 Å². The molecule has 8 heteroatoms. The molecule has 1 rings (SSSR count). The molecular weight excluding hydrogens is 300 g/mol. The van der Waals surface area contributed by atoms with Crippen molar-refractivity contribution in [1.82, 2.24) is 10.2 Å². The van der Waals surface area contributed by atoms with Crippen molar-refractivity contribution < 1.29 is 14.5 Å². The first-order valence-corrected chi connectivity index (χ1v) is 7.08. The van der Waals surface area contributed by atoms with Crippen molar-refractivity contribution in [2.75, 3.05) is 18.9 Å². The summed E-state index contributed by atoms with van der Waals surface area (Å²) in [6.45, 7) is 7.03. The molecular formula is C15H22N4O4. The lowest BCUT2D eigenvalue weighted by molar-refractivity contribution is -0.385. The molecule has 0 saturated carbocycles. The number of urea groups is 1. The van der Waals surface area contributed by atoms with Gasteiger partial charge in [-0.3, -0.25) is 14.9 Å². The minimum Gasteiger partial charge on any atom is -0.350 e. The fourth-order valence-electron chi connectivity index (χ4n) is 1.85. The third-order valence-electron chi connectivity index (χ3n) is 2.90. The van der Waals surface area contributed by atoms with Gasteiger partial charge in [0.05, 0.1) is 4.92 Å². The first-order chi connectivity index (χ1) is 10.5. The topological polar surface area (TPSA) is 105 Å². The summed E-state index contributed by atoms with van der Waals surface area (Å²) >= 11 is 0. The summed E-state index contributed by atoms with van der Waals surface area (Å²) in [6.07, 6.45) is 0. The number of amides is 3. The van der Waals surface area contributed by atoms with Crippen molar-refractivity contribution in [2.24, 2.45) is 0 Å². The highest BCUT2D eigenvalue weighted by Crippen LogP contribution is 2.22. The monoisotopic (exact) mass is 322 g/mol. The first kappa shape index (κ1) is 18.4. The Kier molecular flexibility index (Phi) is 5.67. The Morgan fingerprint density at radius 3 is 2.43 bits per heavy atom. The maximum atomic E-state index is 12.0. The SMILES string of the molecule is Cc1ccc(NC(=O)N(C)CC(=O)NC(C)(C)C)cc1[N+](=O)[O-]. The third-order valence-corrected chi connectivity index (χ3v) is 2.90. The van der Waals surface area contributed by atoms with Gasteiger partial charge in [0.2, 0.25) is 5.91 Å². The highest BCUT2D eigenvalue weighted by Gasteiger charge is 2.18. The van der Waals surface area contributed by atoms with Crippen LogP contribution in [-0.2, 0) is 4.79 Å². The van der Waals surface area contributed by atoms with E-state index in [1.165, 1.54) is 18.0 Å². The zero-order valence-electron chi connectivity index (χ0n) is 14.0. The van der Waals surface area contributed by atoms with Gasteiger partial charge < -0.3 is 15.5 Å². The normalized spacial score (nSPS) is 10.8. The number of likely N-dealkylation sites (N-methyl/N-ethyl adjacent to an activating group) is 1. The number of hydrogen-bond acceptors (Lipinski definition) is 4. The summed E-state index contributed by atoms with van der Waals surface area (Å²) in [5.41, 5.74) is 0.351. The minimum atomic E-state index is -0.521. The van der Waals surface area contributed by atoms with Crippen LogP contribution in [-0.4, -0.2) is 40.9 Å². The third kappa shape index (κ3) is 5.93. The highest BCUT2D eigenvalue weighted by atomic mass is 16.6. The van der Waals surface area contributed by atoms with E-state index in [4.69, 9.17) is 0 Å². The van der Waals surface area contributed by atoms with E-state index in [0.29, 0.717) is 11.3 Å². The summed E-state index contributed by atoms with van der Waals surface area (Å²) in [5, 5.41) is 16.2. The molecule has 126 valence electrons. The maximum Gasteiger partial charge on any atom is 0.322 e. The van der Waals surface area contributed by atoms with E-state index in [0.717, 1.165) is 0 Å². The number of nitro benzene ring substituents is 1. The van der Waals surface area contributed by atoms with Gasteiger partial charge in [0.1, 0.15) is 6.54 Å². The standard InChI is InChI=1S/C15H22N4O4/c1-10-6-7-11(8-12(10)19(22)23)16-14(21)18(5)9-13(20)17-15(2,3)4/h6-8H,9H2,1-5H3,(H,16,21)(H,17,20). The molecule has 1 aromatic carbocycles. The second-order valence-corrected chi connectivity index (χ2v) is 6.34. The molecule has 0 saturated heterocycles. The molecule has 3 amide bonds. The van der Waals surface area contributed by atoms with E-state index in [1.807, 2.05) is 20.8 Å². The Bertz CT molecular complexity index is 622. The fourth-order valence-corrected chi connectivity index (χ4v) is 1.85. The van der Waals surface area contributed by atoms with Crippen LogP contribution in [0.3, 0.4) is 0 Å². The van der Waals surface area contributed by atoms with E-state index in [9.17, 15) is 19.7 Å². The average molecular weight is 322 g/mol. The summed E-state index contributed by atoms with van der Waals surface area (Å²) in [6, 6.07) is 3.90. The predicted octanol–water partition coefficient (Wildman–Crippen LogP) is 2.28. The van der Waals surface area contributed by atoms with Gasteiger partial charge in [0.15, 0.2) is 0 Å². The van der Waals surface area contributed by atoms with Gasteiger partial charge in [-0.1, -0.05) is 6.07 Å². The molecule has 0 spiro atoms. The lowest BCUT2D eigenvalue weighted by Crippen LogP contribution is -2.47. The Labute approximate surface area is 135 Å². The van der Waals surface area contributed by atoms with Crippen LogP contribution in [0.15, 0.2) is 18.2 Å². The van der Waals surface area contributed by atoms with Gasteiger partial charge >= 0.3 is 6.03 Å². The molecule has 0 aliphatic rings. The number of nitrogens with zero attached hydrogens (tertiary/aromatic N) is 2.